The Morgan fingerprint density at radius 1 is 1.26 bits per heavy atom. The minimum Gasteiger partial charge on any atom is -0.497 e. The highest BCUT2D eigenvalue weighted by atomic mass is 16.5. The molecule has 2 rings (SSSR count). The van der Waals surface area contributed by atoms with Crippen molar-refractivity contribution in [2.45, 2.75) is 20.4 Å². The van der Waals surface area contributed by atoms with Crippen LogP contribution in [0.1, 0.15) is 27.4 Å². The molecule has 4 heteroatoms. The molecule has 0 aliphatic carbocycles. The molecule has 0 saturated heterocycles. The fourth-order valence-electron chi connectivity index (χ4n) is 1.88. The highest BCUT2D eigenvalue weighted by Crippen LogP contribution is 2.14. The first kappa shape index (κ1) is 13.2. The van der Waals surface area contributed by atoms with Crippen molar-refractivity contribution in [1.29, 1.82) is 0 Å². The zero-order chi connectivity index (χ0) is 13.8. The first-order valence-electron chi connectivity index (χ1n) is 6.08. The van der Waals surface area contributed by atoms with E-state index in [0.29, 0.717) is 17.9 Å². The number of methoxy groups -OCH3 is 1. The molecule has 2 aromatic rings. The van der Waals surface area contributed by atoms with Crippen LogP contribution in [0.3, 0.4) is 0 Å². The predicted molar refractivity (Wildman–Crippen MR) is 72.3 cm³/mol. The van der Waals surface area contributed by atoms with E-state index in [0.717, 1.165) is 17.1 Å². The van der Waals surface area contributed by atoms with Crippen LogP contribution >= 0.6 is 0 Å². The number of hydrogen-bond acceptors (Lipinski definition) is 3. The van der Waals surface area contributed by atoms with Gasteiger partial charge in [0.1, 0.15) is 17.3 Å². The number of carbonyl (C=O) groups excluding carboxylic acids is 1. The fourth-order valence-corrected chi connectivity index (χ4v) is 1.88. The van der Waals surface area contributed by atoms with Crippen LogP contribution in [0.15, 0.2) is 34.7 Å². The molecule has 0 unspecified atom stereocenters. The third kappa shape index (κ3) is 3.16. The van der Waals surface area contributed by atoms with E-state index in [1.165, 1.54) is 0 Å². The molecule has 1 amide bonds. The monoisotopic (exact) mass is 259 g/mol. The van der Waals surface area contributed by atoms with E-state index in [4.69, 9.17) is 9.15 Å². The van der Waals surface area contributed by atoms with E-state index in [9.17, 15) is 4.79 Å². The largest absolute Gasteiger partial charge is 0.497 e. The molecule has 1 heterocycles. The van der Waals surface area contributed by atoms with E-state index in [1.54, 1.807) is 20.1 Å². The number of nitrogens with one attached hydrogen (secondary N) is 1. The molecule has 1 aromatic heterocycles. The molecule has 0 saturated carbocycles. The predicted octanol–water partition coefficient (Wildman–Crippen LogP) is 2.84. The van der Waals surface area contributed by atoms with E-state index in [1.807, 2.05) is 31.2 Å². The highest BCUT2D eigenvalue weighted by Gasteiger charge is 2.12. The number of ether oxygens (including phenoxy) is 1. The van der Waals surface area contributed by atoms with Gasteiger partial charge in [0, 0.05) is 6.54 Å². The minimum atomic E-state index is -0.120. The average Bonchev–Trinajstić information content (AvgIpc) is 2.75. The third-order valence-electron chi connectivity index (χ3n) is 2.90. The van der Waals surface area contributed by atoms with Gasteiger partial charge in [-0.05, 0) is 37.6 Å². The van der Waals surface area contributed by atoms with E-state index in [2.05, 4.69) is 5.32 Å². The molecule has 0 spiro atoms. The molecule has 100 valence electrons. The summed E-state index contributed by atoms with van der Waals surface area (Å²) in [6, 6.07) is 9.33. The van der Waals surface area contributed by atoms with Crippen LogP contribution in [0.5, 0.6) is 5.75 Å². The smallest absolute Gasteiger partial charge is 0.255 e. The number of amides is 1. The minimum absolute atomic E-state index is 0.120. The molecule has 0 atom stereocenters. The first-order chi connectivity index (χ1) is 9.10. The van der Waals surface area contributed by atoms with Crippen molar-refractivity contribution in [3.63, 3.8) is 0 Å². The van der Waals surface area contributed by atoms with Gasteiger partial charge in [-0.15, -0.1) is 0 Å². The second-order valence-corrected chi connectivity index (χ2v) is 4.36. The maximum Gasteiger partial charge on any atom is 0.255 e. The number of furan rings is 1. The Kier molecular flexibility index (Phi) is 3.90. The number of carbonyl (C=O) groups is 1. The Bertz CT molecular complexity index is 570. The Morgan fingerprint density at radius 2 is 1.95 bits per heavy atom. The molecule has 19 heavy (non-hydrogen) atoms. The van der Waals surface area contributed by atoms with Gasteiger partial charge < -0.3 is 14.5 Å². The highest BCUT2D eigenvalue weighted by molar-refractivity contribution is 5.95. The summed E-state index contributed by atoms with van der Waals surface area (Å²) in [6.07, 6.45) is 0. The summed E-state index contributed by atoms with van der Waals surface area (Å²) in [7, 11) is 1.63. The van der Waals surface area contributed by atoms with Crippen molar-refractivity contribution in [2.24, 2.45) is 0 Å². The van der Waals surface area contributed by atoms with Crippen molar-refractivity contribution >= 4 is 5.91 Å². The molecule has 1 N–H and O–H groups in total. The molecule has 1 aromatic carbocycles. The average molecular weight is 259 g/mol. The van der Waals surface area contributed by atoms with Crippen molar-refractivity contribution in [1.82, 2.24) is 5.32 Å². The van der Waals surface area contributed by atoms with E-state index >= 15 is 0 Å². The van der Waals surface area contributed by atoms with Gasteiger partial charge in [-0.25, -0.2) is 0 Å². The van der Waals surface area contributed by atoms with Gasteiger partial charge >= 0.3 is 0 Å². The van der Waals surface area contributed by atoms with Crippen LogP contribution in [0.2, 0.25) is 0 Å². The fraction of sp³-hybridized carbons (Fsp3) is 0.267. The Labute approximate surface area is 112 Å². The molecule has 0 aliphatic heterocycles. The van der Waals surface area contributed by atoms with Gasteiger partial charge in [-0.1, -0.05) is 12.1 Å². The molecule has 0 fully saturated rings. The lowest BCUT2D eigenvalue weighted by Gasteiger charge is -2.05. The van der Waals surface area contributed by atoms with Crippen LogP contribution in [0.4, 0.5) is 0 Å². The van der Waals surface area contributed by atoms with E-state index < -0.39 is 0 Å². The topological polar surface area (TPSA) is 51.5 Å². The quantitative estimate of drug-likeness (QED) is 0.918. The summed E-state index contributed by atoms with van der Waals surface area (Å²) in [5.41, 5.74) is 1.61. The van der Waals surface area contributed by atoms with Crippen LogP contribution in [0.25, 0.3) is 0 Å². The van der Waals surface area contributed by atoms with Crippen LogP contribution in [-0.2, 0) is 6.54 Å². The lowest BCUT2D eigenvalue weighted by molar-refractivity contribution is 0.0949. The van der Waals surface area contributed by atoms with E-state index in [-0.39, 0.29) is 5.91 Å². The maximum absolute atomic E-state index is 12.0. The summed E-state index contributed by atoms with van der Waals surface area (Å²) in [6.45, 7) is 4.09. The standard InChI is InChI=1S/C15H17NO3/c1-10-8-14(11(2)19-10)15(17)16-9-12-4-6-13(18-3)7-5-12/h4-8H,9H2,1-3H3,(H,16,17). The van der Waals surface area contributed by atoms with Crippen molar-refractivity contribution in [2.75, 3.05) is 7.11 Å². The Hall–Kier alpha value is -2.23. The number of rotatable bonds is 4. The zero-order valence-electron chi connectivity index (χ0n) is 11.3. The zero-order valence-corrected chi connectivity index (χ0v) is 11.3. The first-order valence-corrected chi connectivity index (χ1v) is 6.08. The lowest BCUT2D eigenvalue weighted by atomic mass is 10.2. The Morgan fingerprint density at radius 3 is 2.47 bits per heavy atom. The van der Waals surface area contributed by atoms with Gasteiger partial charge in [-0.3, -0.25) is 4.79 Å². The summed E-state index contributed by atoms with van der Waals surface area (Å²) in [5.74, 6) is 2.07. The summed E-state index contributed by atoms with van der Waals surface area (Å²) >= 11 is 0. The second-order valence-electron chi connectivity index (χ2n) is 4.36. The normalized spacial score (nSPS) is 10.3. The second kappa shape index (κ2) is 5.61. The molecule has 0 radical (unpaired) electrons. The summed E-state index contributed by atoms with van der Waals surface area (Å²) in [5, 5.41) is 2.87. The van der Waals surface area contributed by atoms with Crippen molar-refractivity contribution < 1.29 is 13.9 Å². The molecular weight excluding hydrogens is 242 g/mol. The molecule has 4 nitrogen and oxygen atoms in total. The van der Waals surface area contributed by atoms with Gasteiger partial charge in [-0.2, -0.15) is 0 Å². The SMILES string of the molecule is COc1ccc(CNC(=O)c2cc(C)oc2C)cc1. The van der Waals surface area contributed by atoms with Crippen molar-refractivity contribution in [3.05, 3.63) is 53.0 Å². The number of hydrogen-bond donors (Lipinski definition) is 1. The van der Waals surface area contributed by atoms with Crippen LogP contribution in [-0.4, -0.2) is 13.0 Å². The number of aryl methyl sites for hydroxylation is 2. The molecule has 0 bridgehead atoms. The molecule has 0 aliphatic rings. The third-order valence-corrected chi connectivity index (χ3v) is 2.90. The van der Waals surface area contributed by atoms with Gasteiger partial charge in [0.15, 0.2) is 0 Å². The maximum atomic E-state index is 12.0. The molecular formula is C15H17NO3. The summed E-state index contributed by atoms with van der Waals surface area (Å²) in [4.78, 5) is 12.0. The van der Waals surface area contributed by atoms with Crippen LogP contribution < -0.4 is 10.1 Å². The number of benzene rings is 1. The van der Waals surface area contributed by atoms with Crippen LogP contribution in [0, 0.1) is 13.8 Å². The van der Waals surface area contributed by atoms with Gasteiger partial charge in [0.05, 0.1) is 12.7 Å². The van der Waals surface area contributed by atoms with Crippen molar-refractivity contribution in [3.8, 4) is 5.75 Å². The van der Waals surface area contributed by atoms with Gasteiger partial charge in [0.2, 0.25) is 0 Å². The Balaban J connectivity index is 1.98. The summed E-state index contributed by atoms with van der Waals surface area (Å²) < 4.78 is 10.4. The lowest BCUT2D eigenvalue weighted by Crippen LogP contribution is -2.22. The van der Waals surface area contributed by atoms with Gasteiger partial charge in [0.25, 0.3) is 5.91 Å².